The van der Waals surface area contributed by atoms with Crippen molar-refractivity contribution in [1.82, 2.24) is 10.4 Å². The van der Waals surface area contributed by atoms with Crippen LogP contribution in [0.25, 0.3) is 0 Å². The van der Waals surface area contributed by atoms with Crippen LogP contribution in [0.4, 0.5) is 0 Å². The average molecular weight is 240 g/mol. The third-order valence-electron chi connectivity index (χ3n) is 1.63. The highest BCUT2D eigenvalue weighted by Gasteiger charge is 2.00. The normalized spacial score (nSPS) is 11.2. The zero-order valence-electron chi connectivity index (χ0n) is 8.52. The fourth-order valence-electron chi connectivity index (χ4n) is 0.885. The second-order valence-corrected chi connectivity index (χ2v) is 4.30. The van der Waals surface area contributed by atoms with Crippen LogP contribution >= 0.6 is 24.0 Å². The van der Waals surface area contributed by atoms with E-state index in [1.807, 2.05) is 25.3 Å². The molecule has 0 aromatic carbocycles. The molecule has 1 aromatic heterocycles. The zero-order chi connectivity index (χ0) is 11.3. The fraction of sp³-hybridized carbons (Fsp3) is 0.222. The maximum absolute atomic E-state index is 5.72. The summed E-state index contributed by atoms with van der Waals surface area (Å²) >= 11 is 6.32. The number of amidine groups is 1. The van der Waals surface area contributed by atoms with Crippen LogP contribution in [-0.4, -0.2) is 21.4 Å². The number of thiocarbonyl (C=S) groups is 1. The predicted octanol–water partition coefficient (Wildman–Crippen LogP) is 1.25. The third kappa shape index (κ3) is 3.85. The quantitative estimate of drug-likeness (QED) is 0.352. The molecule has 6 heteroatoms. The Bertz CT molecular complexity index is 389. The monoisotopic (exact) mass is 240 g/mol. The van der Waals surface area contributed by atoms with Gasteiger partial charge in [-0.1, -0.05) is 24.0 Å². The van der Waals surface area contributed by atoms with E-state index in [0.717, 1.165) is 5.56 Å². The highest BCUT2D eigenvalue weighted by Crippen LogP contribution is 1.99. The van der Waals surface area contributed by atoms with Crippen molar-refractivity contribution < 1.29 is 0 Å². The van der Waals surface area contributed by atoms with E-state index in [0.29, 0.717) is 15.9 Å². The summed E-state index contributed by atoms with van der Waals surface area (Å²) in [6, 6.07) is 3.76. The summed E-state index contributed by atoms with van der Waals surface area (Å²) in [7, 11) is 0. The van der Waals surface area contributed by atoms with Crippen LogP contribution in [0, 0.1) is 6.92 Å². The molecule has 0 fully saturated rings. The number of nitrogens with zero attached hydrogens (tertiary/aromatic N) is 2. The molecule has 0 aliphatic heterocycles. The van der Waals surface area contributed by atoms with Gasteiger partial charge in [-0.25, -0.2) is 0 Å². The van der Waals surface area contributed by atoms with Crippen molar-refractivity contribution in [3.63, 3.8) is 0 Å². The number of rotatable bonds is 2. The van der Waals surface area contributed by atoms with E-state index in [2.05, 4.69) is 15.5 Å². The summed E-state index contributed by atoms with van der Waals surface area (Å²) in [5, 5.41) is 3.93. The van der Waals surface area contributed by atoms with Gasteiger partial charge in [0.2, 0.25) is 0 Å². The van der Waals surface area contributed by atoms with Gasteiger partial charge in [0.25, 0.3) is 0 Å². The van der Waals surface area contributed by atoms with Crippen molar-refractivity contribution in [1.29, 1.82) is 0 Å². The highest BCUT2D eigenvalue weighted by molar-refractivity contribution is 8.22. The number of nitrogens with two attached hydrogens (primary N) is 1. The van der Waals surface area contributed by atoms with Crippen LogP contribution in [0.5, 0.6) is 0 Å². The number of aromatic nitrogens is 1. The Balaban J connectivity index is 2.75. The highest BCUT2D eigenvalue weighted by atomic mass is 32.2. The molecule has 0 saturated heterocycles. The number of nitrogens with one attached hydrogen (secondary N) is 1. The summed E-state index contributed by atoms with van der Waals surface area (Å²) in [5.74, 6) is 0.329. The van der Waals surface area contributed by atoms with E-state index in [1.54, 1.807) is 6.20 Å². The molecule has 0 unspecified atom stereocenters. The largest absolute Gasteiger partial charge is 0.380 e. The van der Waals surface area contributed by atoms with Gasteiger partial charge < -0.3 is 5.73 Å². The lowest BCUT2D eigenvalue weighted by molar-refractivity contribution is 1.05. The molecule has 1 heterocycles. The van der Waals surface area contributed by atoms with Crippen LogP contribution in [-0.2, 0) is 0 Å². The van der Waals surface area contributed by atoms with Gasteiger partial charge in [-0.3, -0.25) is 10.4 Å². The SMILES string of the molecule is CSC(=S)N/N=C(\N)c1cc(C)ccn1. The first-order valence-electron chi connectivity index (χ1n) is 4.23. The maximum Gasteiger partial charge on any atom is 0.169 e. The lowest BCUT2D eigenvalue weighted by Crippen LogP contribution is -2.21. The van der Waals surface area contributed by atoms with Crippen LogP contribution in [0.15, 0.2) is 23.4 Å². The third-order valence-corrected chi connectivity index (χ3v) is 2.68. The van der Waals surface area contributed by atoms with Gasteiger partial charge in [0, 0.05) is 6.20 Å². The Morgan fingerprint density at radius 3 is 3.00 bits per heavy atom. The van der Waals surface area contributed by atoms with Gasteiger partial charge in [-0.2, -0.15) is 5.10 Å². The molecule has 0 spiro atoms. The Hall–Kier alpha value is -1.14. The minimum atomic E-state index is 0.329. The van der Waals surface area contributed by atoms with E-state index in [4.69, 9.17) is 18.0 Å². The summed E-state index contributed by atoms with van der Waals surface area (Å²) in [5.41, 5.74) is 10.1. The van der Waals surface area contributed by atoms with E-state index >= 15 is 0 Å². The van der Waals surface area contributed by atoms with E-state index < -0.39 is 0 Å². The number of hydrogen-bond donors (Lipinski definition) is 2. The zero-order valence-corrected chi connectivity index (χ0v) is 10.2. The van der Waals surface area contributed by atoms with Gasteiger partial charge in [-0.15, -0.1) is 0 Å². The molecular weight excluding hydrogens is 228 g/mol. The number of pyridine rings is 1. The molecule has 3 N–H and O–H groups in total. The molecule has 0 aliphatic carbocycles. The molecule has 80 valence electrons. The molecule has 0 bridgehead atoms. The van der Waals surface area contributed by atoms with Gasteiger partial charge in [0.15, 0.2) is 10.2 Å². The van der Waals surface area contributed by atoms with Crippen molar-refractivity contribution >= 4 is 34.1 Å². The molecule has 1 aromatic rings. The van der Waals surface area contributed by atoms with Crippen molar-refractivity contribution in [3.05, 3.63) is 29.6 Å². The predicted molar refractivity (Wildman–Crippen MR) is 68.9 cm³/mol. The number of hydrogen-bond acceptors (Lipinski definition) is 4. The lowest BCUT2D eigenvalue weighted by atomic mass is 10.2. The molecular formula is C9H12N4S2. The van der Waals surface area contributed by atoms with Gasteiger partial charge in [0.1, 0.15) is 5.69 Å². The average Bonchev–Trinajstić information content (AvgIpc) is 2.25. The Kier molecular flexibility index (Phi) is 4.51. The standard InChI is InChI=1S/C9H12N4S2/c1-6-3-4-11-7(5-6)8(10)12-13-9(14)15-2/h3-5H,1-2H3,(H2,10,12)(H,13,14). The van der Waals surface area contributed by atoms with Gasteiger partial charge >= 0.3 is 0 Å². The van der Waals surface area contributed by atoms with Crippen molar-refractivity contribution in [2.45, 2.75) is 6.92 Å². The van der Waals surface area contributed by atoms with Crippen LogP contribution < -0.4 is 11.2 Å². The molecule has 0 amide bonds. The van der Waals surface area contributed by atoms with Crippen molar-refractivity contribution in [2.24, 2.45) is 10.8 Å². The van der Waals surface area contributed by atoms with Gasteiger partial charge in [0.05, 0.1) is 0 Å². The topological polar surface area (TPSA) is 63.3 Å². The summed E-state index contributed by atoms with van der Waals surface area (Å²) in [6.07, 6.45) is 3.56. The van der Waals surface area contributed by atoms with Crippen LogP contribution in [0.3, 0.4) is 0 Å². The van der Waals surface area contributed by atoms with Crippen LogP contribution in [0.2, 0.25) is 0 Å². The minimum absolute atomic E-state index is 0.329. The smallest absolute Gasteiger partial charge is 0.169 e. The summed E-state index contributed by atoms with van der Waals surface area (Å²) in [4.78, 5) is 4.10. The first-order valence-corrected chi connectivity index (χ1v) is 5.87. The summed E-state index contributed by atoms with van der Waals surface area (Å²) < 4.78 is 0.575. The molecule has 0 atom stereocenters. The van der Waals surface area contributed by atoms with Gasteiger partial charge in [-0.05, 0) is 30.9 Å². The maximum atomic E-state index is 5.72. The molecule has 15 heavy (non-hydrogen) atoms. The fourth-order valence-corrected chi connectivity index (χ4v) is 1.07. The Morgan fingerprint density at radius 2 is 2.40 bits per heavy atom. The van der Waals surface area contributed by atoms with E-state index in [1.165, 1.54) is 11.8 Å². The molecule has 0 aliphatic rings. The van der Waals surface area contributed by atoms with E-state index in [-0.39, 0.29) is 0 Å². The van der Waals surface area contributed by atoms with Crippen molar-refractivity contribution in [3.8, 4) is 0 Å². The molecule has 1 rings (SSSR count). The second kappa shape index (κ2) is 5.67. The summed E-state index contributed by atoms with van der Waals surface area (Å²) in [6.45, 7) is 1.97. The minimum Gasteiger partial charge on any atom is -0.380 e. The molecule has 4 nitrogen and oxygen atoms in total. The Morgan fingerprint density at radius 1 is 1.67 bits per heavy atom. The Labute approximate surface area is 98.3 Å². The number of thioether (sulfide) groups is 1. The lowest BCUT2D eigenvalue weighted by Gasteiger charge is -2.02. The van der Waals surface area contributed by atoms with E-state index in [9.17, 15) is 0 Å². The van der Waals surface area contributed by atoms with Crippen LogP contribution in [0.1, 0.15) is 11.3 Å². The molecule has 0 radical (unpaired) electrons. The molecule has 0 saturated carbocycles. The number of aryl methyl sites for hydroxylation is 1. The first-order chi connectivity index (χ1) is 7.13. The van der Waals surface area contributed by atoms with Crippen molar-refractivity contribution in [2.75, 3.05) is 6.26 Å². The first kappa shape index (κ1) is 11.9. The second-order valence-electron chi connectivity index (χ2n) is 2.82. The number of hydrazone groups is 1.